The molecular formula is C126H134N8O2S6. The molecule has 142 heavy (non-hydrogen) atoms. The Morgan fingerprint density at radius 3 is 1.01 bits per heavy atom. The Labute approximate surface area is 866 Å². The molecule has 0 amide bonds. The molecule has 726 valence electrons. The van der Waals surface area contributed by atoms with Crippen LogP contribution in [0.5, 0.6) is 0 Å². The van der Waals surface area contributed by atoms with Crippen LogP contribution in [0.15, 0.2) is 199 Å². The van der Waals surface area contributed by atoms with Crippen molar-refractivity contribution in [3.05, 3.63) is 299 Å². The van der Waals surface area contributed by atoms with Gasteiger partial charge in [0.05, 0.1) is 75.3 Å². The Morgan fingerprint density at radius 1 is 0.338 bits per heavy atom. The molecule has 18 rings (SSSR count). The van der Waals surface area contributed by atoms with Crippen LogP contribution in [0.3, 0.4) is 0 Å². The summed E-state index contributed by atoms with van der Waals surface area (Å²) in [5.74, 6) is -2.22. The van der Waals surface area contributed by atoms with E-state index in [4.69, 9.17) is 17.5 Å². The van der Waals surface area contributed by atoms with E-state index in [0.29, 0.717) is 55.6 Å². The molecule has 0 saturated heterocycles. The molecule has 6 heterocycles. The highest BCUT2D eigenvalue weighted by Crippen LogP contribution is 2.71. The third-order valence-corrected chi connectivity index (χ3v) is 37.3. The third kappa shape index (κ3) is 21.0. The van der Waals surface area contributed by atoms with E-state index in [1.165, 1.54) is 339 Å². The van der Waals surface area contributed by atoms with Crippen molar-refractivity contribution < 1.29 is 9.59 Å². The Kier molecular flexibility index (Phi) is 34.6. The van der Waals surface area contributed by atoms with Gasteiger partial charge in [-0.1, -0.05) is 429 Å². The van der Waals surface area contributed by atoms with Crippen molar-refractivity contribution in [2.45, 2.75) is 327 Å². The van der Waals surface area contributed by atoms with Crippen LogP contribution in [-0.4, -0.2) is 29.1 Å². The van der Waals surface area contributed by atoms with Crippen LogP contribution < -0.4 is 0 Å². The number of carbonyl (C=O) groups excluding carboxylic acids is 2. The monoisotopic (exact) mass is 1980 g/mol. The Hall–Kier alpha value is -11.0. The van der Waals surface area contributed by atoms with E-state index in [1.54, 1.807) is 12.1 Å². The number of unbranched alkanes of at least 4 members (excludes halogenated alkanes) is 36. The lowest BCUT2D eigenvalue weighted by Gasteiger charge is -2.34. The molecule has 0 radical (unpaired) electrons. The predicted octanol–water partition coefficient (Wildman–Crippen LogP) is 37.1. The fraction of sp³-hybridized carbons (Fsp3) is 0.413. The maximum atomic E-state index is 14.7. The first-order chi connectivity index (χ1) is 70.0. The molecule has 1 atom stereocenters. The maximum Gasteiger partial charge on any atom is 0.194 e. The largest absolute Gasteiger partial charge is 0.289 e. The number of aromatic nitrogens is 4. The SMILES string of the molecule is CCCCCCCCCCCCc1ccc(C2(c3ccc(CCCCCCCCCCCC)cc3)c3cc(-c4ccc(/C=C5\C(=O)c6ccccc6C5=C(C#N)C#N)c5nsnc45)sc3-c3sc4c5c(sc4c32)-c2sc(-c3ccc(/C=C4\C(=O)c6ccccc6C4C(C#N)C#N)c4nsnc34)cc2C5(c2ccc(CCCCCCCCCCCC)cc2)c2ccc(CCCCCCCCCCCC)cc2)cc1. The van der Waals surface area contributed by atoms with Crippen LogP contribution in [0.25, 0.3) is 89.6 Å². The quantitative estimate of drug-likeness (QED) is 0.0202. The van der Waals surface area contributed by atoms with E-state index < -0.39 is 22.7 Å². The van der Waals surface area contributed by atoms with Crippen LogP contribution in [0.4, 0.5) is 0 Å². The fourth-order valence-corrected chi connectivity index (χ4v) is 30.4. The molecule has 0 saturated carbocycles. The second kappa shape index (κ2) is 48.6. The van der Waals surface area contributed by atoms with Gasteiger partial charge >= 0.3 is 0 Å². The second-order valence-electron chi connectivity index (χ2n) is 40.5. The molecule has 4 aliphatic carbocycles. The minimum atomic E-state index is -1.07. The summed E-state index contributed by atoms with van der Waals surface area (Å²) < 4.78 is 23.1. The number of nitrogens with zero attached hydrogens (tertiary/aromatic N) is 8. The average Bonchev–Trinajstić information content (AvgIpc) is 1.48. The molecule has 0 bridgehead atoms. The molecule has 8 aromatic carbocycles. The number of hydrogen-bond acceptors (Lipinski definition) is 16. The van der Waals surface area contributed by atoms with Gasteiger partial charge in [0.25, 0.3) is 0 Å². The summed E-state index contributed by atoms with van der Waals surface area (Å²) in [6, 6.07) is 76.5. The molecule has 14 aromatic rings. The number of aryl methyl sites for hydroxylation is 4. The minimum absolute atomic E-state index is 0.111. The number of allylic oxidation sites excluding steroid dienone is 4. The van der Waals surface area contributed by atoms with Gasteiger partial charge in [0.1, 0.15) is 45.7 Å². The summed E-state index contributed by atoms with van der Waals surface area (Å²) in [6.45, 7) is 9.20. The lowest BCUT2D eigenvalue weighted by Crippen LogP contribution is -2.29. The van der Waals surface area contributed by atoms with Gasteiger partial charge in [-0.25, -0.2) is 0 Å². The number of thiophene rings is 4. The van der Waals surface area contributed by atoms with Crippen molar-refractivity contribution >= 4 is 130 Å². The number of fused-ring (bicyclic) bond motifs is 13. The van der Waals surface area contributed by atoms with Crippen LogP contribution in [-0.2, 0) is 36.5 Å². The summed E-state index contributed by atoms with van der Waals surface area (Å²) >= 11 is 10.0. The molecule has 0 spiro atoms. The molecule has 16 heteroatoms. The summed E-state index contributed by atoms with van der Waals surface area (Å²) in [4.78, 5) is 36.5. The first-order valence-corrected chi connectivity index (χ1v) is 58.6. The first kappa shape index (κ1) is 101. The van der Waals surface area contributed by atoms with Gasteiger partial charge < -0.3 is 0 Å². The average molecular weight is 1980 g/mol. The van der Waals surface area contributed by atoms with Crippen molar-refractivity contribution in [1.29, 1.82) is 21.0 Å². The molecular weight excluding hydrogens is 1850 g/mol. The van der Waals surface area contributed by atoms with E-state index in [2.05, 4.69) is 185 Å². The lowest BCUT2D eigenvalue weighted by atomic mass is 9.67. The van der Waals surface area contributed by atoms with Crippen molar-refractivity contribution in [2.75, 3.05) is 0 Å². The number of hydrogen-bond donors (Lipinski definition) is 0. The van der Waals surface area contributed by atoms with Gasteiger partial charge in [-0.05, 0) is 142 Å². The molecule has 0 fully saturated rings. The highest BCUT2D eigenvalue weighted by Gasteiger charge is 2.56. The predicted molar refractivity (Wildman–Crippen MR) is 598 cm³/mol. The van der Waals surface area contributed by atoms with Crippen LogP contribution in [0.1, 0.15) is 400 Å². The van der Waals surface area contributed by atoms with Crippen LogP contribution in [0, 0.1) is 51.2 Å². The highest BCUT2D eigenvalue weighted by molar-refractivity contribution is 7.35. The molecule has 0 N–H and O–H groups in total. The van der Waals surface area contributed by atoms with Crippen LogP contribution in [0.2, 0.25) is 0 Å². The van der Waals surface area contributed by atoms with Crippen molar-refractivity contribution in [1.82, 2.24) is 17.5 Å². The van der Waals surface area contributed by atoms with E-state index in [0.717, 1.165) is 101 Å². The molecule has 10 nitrogen and oxygen atoms in total. The maximum absolute atomic E-state index is 14.7. The van der Waals surface area contributed by atoms with Crippen LogP contribution >= 0.6 is 68.8 Å². The van der Waals surface area contributed by atoms with E-state index in [1.807, 2.05) is 93.9 Å². The van der Waals surface area contributed by atoms with Gasteiger partial charge in [-0.3, -0.25) is 9.59 Å². The second-order valence-corrected chi connectivity index (χ2v) is 45.7. The Balaban J connectivity index is 0.818. The Bertz CT molecular complexity index is 6890. The molecule has 4 aliphatic rings. The standard InChI is InChI=1S/C126H134N8O2S6/c1-5-9-13-17-21-25-29-33-37-41-49-85-57-67-93(68-58-85)125(94-69-59-86(60-70-94)50-42-38-34-30-26-22-18-14-10-6-2)105-79-107(101-75-65-89(113-115(101)133-141-131-113)77-103-109(91(81-127)82-128)97-53-45-47-55-99(97)117(103)135)137-119(105)121-111(125)123-124(139-121)112-122(140-123)120-106(80-108(138-120)102-76-66-90(114-116(102)134-142-132-114)78-104-110(92(83-129)84-130)98-54-46-48-56-100(98)118(104)136)126(112,95-71-61-87(62-72-95)51-43-39-35-31-27-23-19-15-11-7-3)96-73-63-88(64-74-96)52-44-40-36-32-28-24-20-16-12-8-4/h45-48,53-80,91,109H,5-44,49-52H2,1-4H3/b103-77-,104-78-. The lowest BCUT2D eigenvalue weighted by molar-refractivity contribution is 0.103. The van der Waals surface area contributed by atoms with Crippen molar-refractivity contribution in [3.8, 4) is 64.7 Å². The third-order valence-electron chi connectivity index (χ3n) is 31.0. The van der Waals surface area contributed by atoms with E-state index in [-0.39, 0.29) is 17.1 Å². The summed E-state index contributed by atoms with van der Waals surface area (Å²) in [5.41, 5.74) is 23.1. The number of Topliss-reactive ketones (excluding diaryl/α,β-unsaturated/α-hetero) is 2. The van der Waals surface area contributed by atoms with Gasteiger partial charge in [-0.15, -0.1) is 45.3 Å². The highest BCUT2D eigenvalue weighted by atomic mass is 32.1. The zero-order chi connectivity index (χ0) is 97.7. The normalized spacial score (nSPS) is 14.7. The smallest absolute Gasteiger partial charge is 0.194 e. The summed E-state index contributed by atoms with van der Waals surface area (Å²) in [7, 11) is 0. The number of carbonyl (C=O) groups is 2. The summed E-state index contributed by atoms with van der Waals surface area (Å²) in [6.07, 6.45) is 59.3. The number of rotatable bonds is 53. The summed E-state index contributed by atoms with van der Waals surface area (Å²) in [5, 5.41) is 42.0. The van der Waals surface area contributed by atoms with Crippen molar-refractivity contribution in [3.63, 3.8) is 0 Å². The first-order valence-electron chi connectivity index (χ1n) is 53.9. The zero-order valence-corrected chi connectivity index (χ0v) is 88.5. The van der Waals surface area contributed by atoms with Gasteiger partial charge in [-0.2, -0.15) is 38.5 Å². The van der Waals surface area contributed by atoms with E-state index in [9.17, 15) is 30.6 Å². The number of benzene rings is 8. The fourth-order valence-electron chi connectivity index (χ4n) is 23.3. The molecule has 1 unspecified atom stereocenters. The molecule has 0 aliphatic heterocycles. The zero-order valence-electron chi connectivity index (χ0n) is 83.6. The minimum Gasteiger partial charge on any atom is -0.289 e. The van der Waals surface area contributed by atoms with Crippen molar-refractivity contribution in [2.24, 2.45) is 5.92 Å². The Morgan fingerprint density at radius 2 is 0.662 bits per heavy atom. The topological polar surface area (TPSA) is 181 Å². The number of ketones is 2. The van der Waals surface area contributed by atoms with Gasteiger partial charge in [0, 0.05) is 76.9 Å². The van der Waals surface area contributed by atoms with E-state index >= 15 is 0 Å². The van der Waals surface area contributed by atoms with Gasteiger partial charge in [0.2, 0.25) is 0 Å². The van der Waals surface area contributed by atoms with Gasteiger partial charge in [0.15, 0.2) is 11.6 Å². The number of nitriles is 4. The molecule has 6 aromatic heterocycles.